The zero-order chi connectivity index (χ0) is 10.6. The Morgan fingerprint density at radius 1 is 1.50 bits per heavy atom. The van der Waals surface area contributed by atoms with Gasteiger partial charge in [0.05, 0.1) is 18.7 Å². The molecular weight excluding hydrogens is 225 g/mol. The van der Waals surface area contributed by atoms with E-state index in [4.69, 9.17) is 27.9 Å². The van der Waals surface area contributed by atoms with Crippen molar-refractivity contribution in [2.75, 3.05) is 6.61 Å². The molecule has 0 aliphatic heterocycles. The van der Waals surface area contributed by atoms with E-state index in [0.717, 1.165) is 0 Å². The van der Waals surface area contributed by atoms with Gasteiger partial charge in [0.1, 0.15) is 5.15 Å². The van der Waals surface area contributed by atoms with Crippen molar-refractivity contribution in [3.8, 4) is 0 Å². The van der Waals surface area contributed by atoms with E-state index < -0.39 is 0 Å². The number of hydrogen-bond acceptors (Lipinski definition) is 3. The number of carbonyl (C=O) groups is 1. The summed E-state index contributed by atoms with van der Waals surface area (Å²) in [5.41, 5.74) is 0.515. The van der Waals surface area contributed by atoms with Crippen LogP contribution in [0.15, 0.2) is 12.1 Å². The Morgan fingerprint density at radius 3 is 2.79 bits per heavy atom. The molecule has 3 nitrogen and oxygen atoms in total. The highest BCUT2D eigenvalue weighted by molar-refractivity contribution is 6.33. The SMILES string of the molecule is CCOC(=O)Cc1cc(Cl)cc(Cl)n1. The van der Waals surface area contributed by atoms with Crippen LogP contribution in [0.4, 0.5) is 0 Å². The first-order chi connectivity index (χ1) is 6.61. The van der Waals surface area contributed by atoms with E-state index in [1.54, 1.807) is 13.0 Å². The summed E-state index contributed by atoms with van der Waals surface area (Å²) >= 11 is 11.4. The first-order valence-electron chi connectivity index (χ1n) is 4.09. The zero-order valence-corrected chi connectivity index (χ0v) is 9.10. The van der Waals surface area contributed by atoms with E-state index in [2.05, 4.69) is 4.98 Å². The second-order valence-electron chi connectivity index (χ2n) is 2.58. The van der Waals surface area contributed by atoms with Crippen molar-refractivity contribution >= 4 is 29.2 Å². The van der Waals surface area contributed by atoms with Crippen LogP contribution >= 0.6 is 23.2 Å². The fourth-order valence-electron chi connectivity index (χ4n) is 0.967. The average molecular weight is 234 g/mol. The molecule has 0 unspecified atom stereocenters. The number of carbonyl (C=O) groups excluding carboxylic acids is 1. The van der Waals surface area contributed by atoms with Gasteiger partial charge in [-0.2, -0.15) is 0 Å². The topological polar surface area (TPSA) is 39.2 Å². The molecule has 0 amide bonds. The van der Waals surface area contributed by atoms with Crippen LogP contribution in [0.3, 0.4) is 0 Å². The molecule has 1 rings (SSSR count). The monoisotopic (exact) mass is 233 g/mol. The molecular formula is C9H9Cl2NO2. The highest BCUT2D eigenvalue weighted by atomic mass is 35.5. The number of halogens is 2. The van der Waals surface area contributed by atoms with Crippen LogP contribution in [0.5, 0.6) is 0 Å². The van der Waals surface area contributed by atoms with Gasteiger partial charge >= 0.3 is 5.97 Å². The van der Waals surface area contributed by atoms with Crippen molar-refractivity contribution in [3.63, 3.8) is 0 Å². The lowest BCUT2D eigenvalue weighted by molar-refractivity contribution is -0.142. The van der Waals surface area contributed by atoms with Crippen molar-refractivity contribution in [1.29, 1.82) is 0 Å². The Hall–Kier alpha value is -0.800. The van der Waals surface area contributed by atoms with Crippen molar-refractivity contribution in [2.45, 2.75) is 13.3 Å². The number of esters is 1. The molecule has 0 radical (unpaired) electrons. The lowest BCUT2D eigenvalue weighted by Crippen LogP contribution is -2.08. The van der Waals surface area contributed by atoms with Gasteiger partial charge in [0.2, 0.25) is 0 Å². The molecule has 76 valence electrons. The summed E-state index contributed by atoms with van der Waals surface area (Å²) < 4.78 is 4.76. The van der Waals surface area contributed by atoms with Gasteiger partial charge in [0.25, 0.3) is 0 Å². The Kier molecular flexibility index (Phi) is 4.17. The van der Waals surface area contributed by atoms with Crippen LogP contribution in [-0.4, -0.2) is 17.6 Å². The molecule has 0 aromatic carbocycles. The van der Waals surface area contributed by atoms with Gasteiger partial charge in [-0.1, -0.05) is 23.2 Å². The molecule has 1 aromatic heterocycles. The zero-order valence-electron chi connectivity index (χ0n) is 7.59. The lowest BCUT2D eigenvalue weighted by atomic mass is 10.3. The lowest BCUT2D eigenvalue weighted by Gasteiger charge is -2.02. The van der Waals surface area contributed by atoms with Crippen molar-refractivity contribution in [1.82, 2.24) is 4.98 Å². The molecule has 0 aliphatic carbocycles. The number of ether oxygens (including phenoxy) is 1. The molecule has 0 fully saturated rings. The first-order valence-corrected chi connectivity index (χ1v) is 4.85. The predicted molar refractivity (Wildman–Crippen MR) is 54.6 cm³/mol. The molecule has 0 aliphatic rings. The fraction of sp³-hybridized carbons (Fsp3) is 0.333. The van der Waals surface area contributed by atoms with Crippen LogP contribution in [-0.2, 0) is 16.0 Å². The van der Waals surface area contributed by atoms with Gasteiger partial charge in [-0.25, -0.2) is 4.98 Å². The molecule has 1 heterocycles. The molecule has 1 aromatic rings. The van der Waals surface area contributed by atoms with Crippen LogP contribution in [0.2, 0.25) is 10.2 Å². The Morgan fingerprint density at radius 2 is 2.21 bits per heavy atom. The van der Waals surface area contributed by atoms with E-state index >= 15 is 0 Å². The van der Waals surface area contributed by atoms with E-state index in [-0.39, 0.29) is 17.5 Å². The molecule has 0 N–H and O–H groups in total. The maximum atomic E-state index is 11.1. The summed E-state index contributed by atoms with van der Waals surface area (Å²) in [5, 5.41) is 0.737. The van der Waals surface area contributed by atoms with E-state index in [0.29, 0.717) is 17.3 Å². The maximum absolute atomic E-state index is 11.1. The average Bonchev–Trinajstić information content (AvgIpc) is 2.01. The van der Waals surface area contributed by atoms with E-state index in [1.165, 1.54) is 6.07 Å². The normalized spacial score (nSPS) is 9.93. The van der Waals surface area contributed by atoms with Gasteiger partial charge in [0.15, 0.2) is 0 Å². The molecule has 0 bridgehead atoms. The Bertz CT molecular complexity index is 321. The number of nitrogens with zero attached hydrogens (tertiary/aromatic N) is 1. The Balaban J connectivity index is 2.71. The van der Waals surface area contributed by atoms with Gasteiger partial charge in [-0.15, -0.1) is 0 Å². The largest absolute Gasteiger partial charge is 0.466 e. The standard InChI is InChI=1S/C9H9Cl2NO2/c1-2-14-9(13)5-7-3-6(10)4-8(11)12-7/h3-4H,2,5H2,1H3. The summed E-state index contributed by atoms with van der Waals surface area (Å²) in [6.45, 7) is 2.10. The second-order valence-corrected chi connectivity index (χ2v) is 3.40. The van der Waals surface area contributed by atoms with Crippen molar-refractivity contribution in [2.24, 2.45) is 0 Å². The van der Waals surface area contributed by atoms with Crippen LogP contribution in [0.25, 0.3) is 0 Å². The minimum absolute atomic E-state index is 0.0914. The molecule has 14 heavy (non-hydrogen) atoms. The maximum Gasteiger partial charge on any atom is 0.311 e. The minimum Gasteiger partial charge on any atom is -0.466 e. The summed E-state index contributed by atoms with van der Waals surface area (Å²) in [6.07, 6.45) is 0.0914. The van der Waals surface area contributed by atoms with Gasteiger partial charge in [-0.3, -0.25) is 4.79 Å². The predicted octanol–water partition coefficient (Wildman–Crippen LogP) is 2.49. The smallest absolute Gasteiger partial charge is 0.311 e. The third-order valence-electron chi connectivity index (χ3n) is 1.44. The number of pyridine rings is 1. The third-order valence-corrected chi connectivity index (χ3v) is 1.85. The van der Waals surface area contributed by atoms with Crippen LogP contribution in [0.1, 0.15) is 12.6 Å². The summed E-state index contributed by atoms with van der Waals surface area (Å²) in [4.78, 5) is 15.0. The second kappa shape index (κ2) is 5.17. The third kappa shape index (κ3) is 3.52. The van der Waals surface area contributed by atoms with Gasteiger partial charge in [0, 0.05) is 5.02 Å². The van der Waals surface area contributed by atoms with Crippen molar-refractivity contribution < 1.29 is 9.53 Å². The Labute approximate surface area is 92.0 Å². The first kappa shape index (κ1) is 11.3. The quantitative estimate of drug-likeness (QED) is 0.595. The minimum atomic E-state index is -0.335. The molecule has 0 atom stereocenters. The number of rotatable bonds is 3. The highest BCUT2D eigenvalue weighted by Crippen LogP contribution is 2.15. The summed E-state index contributed by atoms with van der Waals surface area (Å²) in [6, 6.07) is 3.10. The molecule has 0 spiro atoms. The van der Waals surface area contributed by atoms with Crippen LogP contribution in [0, 0.1) is 0 Å². The van der Waals surface area contributed by atoms with Crippen molar-refractivity contribution in [3.05, 3.63) is 28.0 Å². The summed E-state index contributed by atoms with van der Waals surface area (Å²) in [7, 11) is 0. The van der Waals surface area contributed by atoms with Gasteiger partial charge in [-0.05, 0) is 19.1 Å². The molecule has 0 saturated heterocycles. The highest BCUT2D eigenvalue weighted by Gasteiger charge is 2.06. The van der Waals surface area contributed by atoms with E-state index in [1.807, 2.05) is 0 Å². The van der Waals surface area contributed by atoms with Crippen LogP contribution < -0.4 is 0 Å². The number of hydrogen-bond donors (Lipinski definition) is 0. The molecule has 0 saturated carbocycles. The molecule has 5 heteroatoms. The fourth-order valence-corrected chi connectivity index (χ4v) is 1.48. The number of aromatic nitrogens is 1. The van der Waals surface area contributed by atoms with Gasteiger partial charge < -0.3 is 4.74 Å². The van der Waals surface area contributed by atoms with E-state index in [9.17, 15) is 4.79 Å². The summed E-state index contributed by atoms with van der Waals surface area (Å²) in [5.74, 6) is -0.335.